The quantitative estimate of drug-likeness (QED) is 0.640. The molecule has 4 rings (SSSR count). The fourth-order valence-corrected chi connectivity index (χ4v) is 3.87. The smallest absolute Gasteiger partial charge is 0.135 e. The van der Waals surface area contributed by atoms with E-state index < -0.39 is 0 Å². The number of nitrogens with one attached hydrogen (secondary N) is 1. The number of aromatic nitrogens is 3. The van der Waals surface area contributed by atoms with Crippen LogP contribution in [0.2, 0.25) is 0 Å². The first-order chi connectivity index (χ1) is 14.2. The zero-order chi connectivity index (χ0) is 20.1. The fraction of sp³-hybridized carbons (Fsp3) is 0.348. The van der Waals surface area contributed by atoms with Gasteiger partial charge < -0.3 is 10.2 Å². The van der Waals surface area contributed by atoms with E-state index >= 15 is 0 Å². The van der Waals surface area contributed by atoms with E-state index in [1.54, 1.807) is 12.3 Å². The molecule has 2 aromatic heterocycles. The summed E-state index contributed by atoms with van der Waals surface area (Å²) in [6.45, 7) is 5.43. The molecule has 1 fully saturated rings. The summed E-state index contributed by atoms with van der Waals surface area (Å²) >= 11 is 0. The molecule has 1 N–H and O–H groups in total. The molecule has 1 saturated heterocycles. The fourth-order valence-electron chi connectivity index (χ4n) is 3.87. The number of nitrogens with zero attached hydrogens (tertiary/aromatic N) is 4. The molecular weight excluding hydrogens is 365 g/mol. The van der Waals surface area contributed by atoms with Gasteiger partial charge in [-0.05, 0) is 62.7 Å². The van der Waals surface area contributed by atoms with Gasteiger partial charge in [0.1, 0.15) is 17.5 Å². The molecule has 0 bridgehead atoms. The van der Waals surface area contributed by atoms with Crippen LogP contribution >= 0.6 is 0 Å². The molecule has 0 saturated carbocycles. The molecule has 1 atom stereocenters. The van der Waals surface area contributed by atoms with E-state index in [1.165, 1.54) is 12.1 Å². The zero-order valence-corrected chi connectivity index (χ0v) is 16.7. The van der Waals surface area contributed by atoms with Crippen molar-refractivity contribution in [2.75, 3.05) is 25.0 Å². The van der Waals surface area contributed by atoms with Crippen LogP contribution in [0.15, 0.2) is 54.9 Å². The van der Waals surface area contributed by atoms with Gasteiger partial charge in [-0.3, -0.25) is 4.98 Å². The highest BCUT2D eigenvalue weighted by Gasteiger charge is 2.24. The monoisotopic (exact) mass is 391 g/mol. The number of piperidine rings is 1. The Morgan fingerprint density at radius 1 is 1.17 bits per heavy atom. The molecule has 5 nitrogen and oxygen atoms in total. The second-order valence-electron chi connectivity index (χ2n) is 7.51. The van der Waals surface area contributed by atoms with Crippen molar-refractivity contribution in [1.82, 2.24) is 19.9 Å². The minimum Gasteiger partial charge on any atom is -0.340 e. The number of hydrogen-bond donors (Lipinski definition) is 1. The Labute approximate surface area is 171 Å². The molecule has 1 unspecified atom stereocenters. The van der Waals surface area contributed by atoms with Gasteiger partial charge in [-0.1, -0.05) is 13.0 Å². The molecule has 1 aliphatic heterocycles. The number of hydrogen-bond acceptors (Lipinski definition) is 5. The maximum Gasteiger partial charge on any atom is 0.135 e. The molecular formula is C23H26FN5. The van der Waals surface area contributed by atoms with Crippen molar-refractivity contribution in [3.63, 3.8) is 0 Å². The lowest BCUT2D eigenvalue weighted by Gasteiger charge is -2.31. The van der Waals surface area contributed by atoms with Crippen molar-refractivity contribution in [2.24, 2.45) is 0 Å². The summed E-state index contributed by atoms with van der Waals surface area (Å²) in [6, 6.07) is 12.2. The maximum absolute atomic E-state index is 13.6. The summed E-state index contributed by atoms with van der Waals surface area (Å²) in [5, 5.41) is 3.25. The first-order valence-electron chi connectivity index (χ1n) is 10.3. The summed E-state index contributed by atoms with van der Waals surface area (Å²) in [4.78, 5) is 16.4. The SMILES string of the molecule is CCCN1CCCC(c2nc(Nc3cccc(F)c3)cc(-c3cccnc3)n2)C1. The average molecular weight is 391 g/mol. The minimum atomic E-state index is -0.278. The van der Waals surface area contributed by atoms with Crippen molar-refractivity contribution >= 4 is 11.5 Å². The van der Waals surface area contributed by atoms with E-state index in [1.807, 2.05) is 30.5 Å². The van der Waals surface area contributed by atoms with E-state index in [-0.39, 0.29) is 5.82 Å². The van der Waals surface area contributed by atoms with E-state index in [0.717, 1.165) is 56.0 Å². The number of likely N-dealkylation sites (tertiary alicyclic amines) is 1. The van der Waals surface area contributed by atoms with Crippen LogP contribution in [0, 0.1) is 5.82 Å². The first-order valence-corrected chi connectivity index (χ1v) is 10.3. The molecule has 6 heteroatoms. The summed E-state index contributed by atoms with van der Waals surface area (Å²) < 4.78 is 13.6. The van der Waals surface area contributed by atoms with Crippen LogP contribution < -0.4 is 5.32 Å². The van der Waals surface area contributed by atoms with Gasteiger partial charge in [0.05, 0.1) is 5.69 Å². The van der Waals surface area contributed by atoms with Gasteiger partial charge in [0, 0.05) is 42.2 Å². The van der Waals surface area contributed by atoms with E-state index in [0.29, 0.717) is 17.4 Å². The Balaban J connectivity index is 1.68. The Morgan fingerprint density at radius 3 is 2.90 bits per heavy atom. The predicted molar refractivity (Wildman–Crippen MR) is 114 cm³/mol. The lowest BCUT2D eigenvalue weighted by atomic mass is 9.96. The maximum atomic E-state index is 13.6. The van der Waals surface area contributed by atoms with Crippen LogP contribution in [0.4, 0.5) is 15.9 Å². The van der Waals surface area contributed by atoms with E-state index in [2.05, 4.69) is 22.1 Å². The standard InChI is InChI=1S/C23H26FN5/c1-2-11-29-12-5-7-18(16-29)23-27-21(17-6-4-10-25-15-17)14-22(28-23)26-20-9-3-8-19(24)13-20/h3-4,6,8-10,13-15,18H,2,5,7,11-12,16H2,1H3,(H,26,27,28). The van der Waals surface area contributed by atoms with Crippen LogP contribution in [0.1, 0.15) is 37.9 Å². The van der Waals surface area contributed by atoms with Gasteiger partial charge in [0.2, 0.25) is 0 Å². The summed E-state index contributed by atoms with van der Waals surface area (Å²) in [5.41, 5.74) is 2.44. The molecule has 1 aliphatic rings. The van der Waals surface area contributed by atoms with Crippen molar-refractivity contribution in [2.45, 2.75) is 32.1 Å². The molecule has 29 heavy (non-hydrogen) atoms. The van der Waals surface area contributed by atoms with Gasteiger partial charge >= 0.3 is 0 Å². The molecule has 3 heterocycles. The van der Waals surface area contributed by atoms with Gasteiger partial charge in [-0.15, -0.1) is 0 Å². The summed E-state index contributed by atoms with van der Waals surface area (Å²) in [5.74, 6) is 1.53. The zero-order valence-electron chi connectivity index (χ0n) is 16.7. The number of anilines is 2. The van der Waals surface area contributed by atoms with Gasteiger partial charge in [0.15, 0.2) is 0 Å². The third-order valence-electron chi connectivity index (χ3n) is 5.21. The van der Waals surface area contributed by atoms with Crippen LogP contribution in [0.3, 0.4) is 0 Å². The second kappa shape index (κ2) is 9.09. The second-order valence-corrected chi connectivity index (χ2v) is 7.51. The molecule has 0 aliphatic carbocycles. The Hall–Kier alpha value is -2.86. The van der Waals surface area contributed by atoms with Crippen molar-refractivity contribution < 1.29 is 4.39 Å². The molecule has 0 spiro atoms. The van der Waals surface area contributed by atoms with Crippen LogP contribution in [-0.2, 0) is 0 Å². The summed E-state index contributed by atoms with van der Waals surface area (Å²) in [7, 11) is 0. The largest absolute Gasteiger partial charge is 0.340 e. The molecule has 0 amide bonds. The van der Waals surface area contributed by atoms with Crippen molar-refractivity contribution in [3.8, 4) is 11.3 Å². The Kier molecular flexibility index (Phi) is 6.10. The number of halogens is 1. The van der Waals surface area contributed by atoms with Crippen LogP contribution in [0.5, 0.6) is 0 Å². The Morgan fingerprint density at radius 2 is 2.10 bits per heavy atom. The van der Waals surface area contributed by atoms with Crippen LogP contribution in [0.25, 0.3) is 11.3 Å². The normalized spacial score (nSPS) is 17.2. The van der Waals surface area contributed by atoms with Gasteiger partial charge in [0.25, 0.3) is 0 Å². The Bertz CT molecular complexity index is 945. The number of benzene rings is 1. The van der Waals surface area contributed by atoms with Gasteiger partial charge in [-0.2, -0.15) is 0 Å². The van der Waals surface area contributed by atoms with Crippen LogP contribution in [-0.4, -0.2) is 39.5 Å². The highest BCUT2D eigenvalue weighted by molar-refractivity contribution is 5.65. The number of pyridine rings is 1. The number of rotatable bonds is 6. The lowest BCUT2D eigenvalue weighted by molar-refractivity contribution is 0.204. The predicted octanol–water partition coefficient (Wildman–Crippen LogP) is 5.01. The molecule has 1 aromatic carbocycles. The van der Waals surface area contributed by atoms with Crippen molar-refractivity contribution in [1.29, 1.82) is 0 Å². The highest BCUT2D eigenvalue weighted by Crippen LogP contribution is 2.29. The van der Waals surface area contributed by atoms with E-state index in [4.69, 9.17) is 9.97 Å². The van der Waals surface area contributed by atoms with E-state index in [9.17, 15) is 4.39 Å². The first kappa shape index (κ1) is 19.5. The van der Waals surface area contributed by atoms with Crippen molar-refractivity contribution in [3.05, 3.63) is 66.5 Å². The topological polar surface area (TPSA) is 53.9 Å². The molecule has 0 radical (unpaired) electrons. The lowest BCUT2D eigenvalue weighted by Crippen LogP contribution is -2.35. The summed E-state index contributed by atoms with van der Waals surface area (Å²) in [6.07, 6.45) is 6.94. The average Bonchev–Trinajstić information content (AvgIpc) is 2.75. The third kappa shape index (κ3) is 4.95. The third-order valence-corrected chi connectivity index (χ3v) is 5.21. The highest BCUT2D eigenvalue weighted by atomic mass is 19.1. The molecule has 150 valence electrons. The minimum absolute atomic E-state index is 0.278. The molecule has 3 aromatic rings. The van der Waals surface area contributed by atoms with Gasteiger partial charge in [-0.25, -0.2) is 14.4 Å².